The Balaban J connectivity index is 2.98. The van der Waals surface area contributed by atoms with Crippen molar-refractivity contribution in [2.45, 2.75) is 6.54 Å². The Morgan fingerprint density at radius 2 is 2.38 bits per heavy atom. The number of hydrogen-bond acceptors (Lipinski definition) is 2. The summed E-state index contributed by atoms with van der Waals surface area (Å²) >= 11 is 5.85. The SMILES string of the molecule is CNCc1ccc(N=[N+]=[N-])c(Cl)c1. The number of nitrogens with one attached hydrogen (secondary N) is 1. The van der Waals surface area contributed by atoms with Gasteiger partial charge in [0, 0.05) is 11.5 Å². The molecule has 5 heteroatoms. The smallest absolute Gasteiger partial charge is 0.0561 e. The topological polar surface area (TPSA) is 60.8 Å². The van der Waals surface area contributed by atoms with Crippen LogP contribution in [-0.2, 0) is 6.54 Å². The van der Waals surface area contributed by atoms with Gasteiger partial charge < -0.3 is 5.32 Å². The molecular formula is C8H9ClN4. The second kappa shape index (κ2) is 4.72. The maximum Gasteiger partial charge on any atom is 0.0561 e. The molecule has 4 nitrogen and oxygen atoms in total. The lowest BCUT2D eigenvalue weighted by Crippen LogP contribution is -2.04. The third kappa shape index (κ3) is 2.63. The third-order valence-electron chi connectivity index (χ3n) is 1.55. The van der Waals surface area contributed by atoms with Crippen molar-refractivity contribution in [2.75, 3.05) is 7.05 Å². The normalized spacial score (nSPS) is 9.38. The minimum Gasteiger partial charge on any atom is -0.316 e. The van der Waals surface area contributed by atoms with E-state index in [-0.39, 0.29) is 0 Å². The first kappa shape index (κ1) is 9.86. The van der Waals surface area contributed by atoms with Crippen LogP contribution in [-0.4, -0.2) is 7.05 Å². The van der Waals surface area contributed by atoms with Crippen LogP contribution in [0.5, 0.6) is 0 Å². The molecule has 1 N–H and O–H groups in total. The van der Waals surface area contributed by atoms with E-state index in [1.807, 2.05) is 13.1 Å². The van der Waals surface area contributed by atoms with Gasteiger partial charge in [0.25, 0.3) is 0 Å². The number of rotatable bonds is 3. The molecule has 0 aliphatic carbocycles. The zero-order valence-electron chi connectivity index (χ0n) is 7.16. The summed E-state index contributed by atoms with van der Waals surface area (Å²) < 4.78 is 0. The molecule has 1 rings (SSSR count). The number of hydrogen-bond donors (Lipinski definition) is 1. The van der Waals surface area contributed by atoms with E-state index >= 15 is 0 Å². The summed E-state index contributed by atoms with van der Waals surface area (Å²) in [5, 5.41) is 6.91. The lowest BCUT2D eigenvalue weighted by atomic mass is 10.2. The minimum absolute atomic E-state index is 0.462. The predicted molar refractivity (Wildman–Crippen MR) is 53.0 cm³/mol. The summed E-state index contributed by atoms with van der Waals surface area (Å²) in [6, 6.07) is 5.35. The second-order valence-corrected chi connectivity index (χ2v) is 2.91. The van der Waals surface area contributed by atoms with Gasteiger partial charge in [-0.2, -0.15) is 0 Å². The van der Waals surface area contributed by atoms with Crippen molar-refractivity contribution in [3.63, 3.8) is 0 Å². The van der Waals surface area contributed by atoms with Crippen molar-refractivity contribution < 1.29 is 0 Å². The highest BCUT2D eigenvalue weighted by Crippen LogP contribution is 2.25. The van der Waals surface area contributed by atoms with Gasteiger partial charge in [-0.15, -0.1) is 0 Å². The highest BCUT2D eigenvalue weighted by Gasteiger charge is 1.98. The van der Waals surface area contributed by atoms with E-state index in [0.29, 0.717) is 10.7 Å². The molecule has 68 valence electrons. The second-order valence-electron chi connectivity index (χ2n) is 2.51. The van der Waals surface area contributed by atoms with Gasteiger partial charge in [0.1, 0.15) is 0 Å². The Bertz CT molecular complexity index is 344. The largest absolute Gasteiger partial charge is 0.316 e. The number of azide groups is 1. The number of halogens is 1. The van der Waals surface area contributed by atoms with Crippen LogP contribution >= 0.6 is 11.6 Å². The first-order chi connectivity index (χ1) is 6.27. The number of nitrogens with zero attached hydrogens (tertiary/aromatic N) is 3. The lowest BCUT2D eigenvalue weighted by Gasteiger charge is -2.01. The molecule has 0 saturated carbocycles. The highest BCUT2D eigenvalue weighted by molar-refractivity contribution is 6.33. The van der Waals surface area contributed by atoms with Crippen molar-refractivity contribution in [2.24, 2.45) is 5.11 Å². The summed E-state index contributed by atoms with van der Waals surface area (Å²) in [7, 11) is 1.86. The molecule has 0 unspecified atom stereocenters. The van der Waals surface area contributed by atoms with Gasteiger partial charge in [0.15, 0.2) is 0 Å². The molecule has 0 spiro atoms. The molecule has 0 radical (unpaired) electrons. The fraction of sp³-hybridized carbons (Fsp3) is 0.250. The summed E-state index contributed by atoms with van der Waals surface area (Å²) in [5.74, 6) is 0. The molecule has 1 aromatic carbocycles. The quantitative estimate of drug-likeness (QED) is 0.451. The maximum atomic E-state index is 8.20. The molecule has 0 atom stereocenters. The fourth-order valence-electron chi connectivity index (χ4n) is 0.994. The molecule has 0 heterocycles. The molecule has 0 aliphatic heterocycles. The summed E-state index contributed by atoms with van der Waals surface area (Å²) in [4.78, 5) is 2.67. The molecule has 0 aromatic heterocycles. The van der Waals surface area contributed by atoms with Crippen molar-refractivity contribution in [1.82, 2.24) is 5.32 Å². The zero-order valence-corrected chi connectivity index (χ0v) is 7.91. The van der Waals surface area contributed by atoms with Gasteiger partial charge in [-0.3, -0.25) is 0 Å². The van der Waals surface area contributed by atoms with Crippen molar-refractivity contribution in [3.8, 4) is 0 Å². The Morgan fingerprint density at radius 1 is 1.62 bits per heavy atom. The van der Waals surface area contributed by atoms with Gasteiger partial charge in [-0.1, -0.05) is 28.8 Å². The average molecular weight is 197 g/mol. The highest BCUT2D eigenvalue weighted by atomic mass is 35.5. The fourth-order valence-corrected chi connectivity index (χ4v) is 1.23. The van der Waals surface area contributed by atoms with E-state index in [0.717, 1.165) is 12.1 Å². The van der Waals surface area contributed by atoms with E-state index in [1.165, 1.54) is 0 Å². The third-order valence-corrected chi connectivity index (χ3v) is 1.85. The zero-order chi connectivity index (χ0) is 9.68. The van der Waals surface area contributed by atoms with Crippen molar-refractivity contribution in [3.05, 3.63) is 39.2 Å². The van der Waals surface area contributed by atoms with Crippen LogP contribution in [0.3, 0.4) is 0 Å². The molecule has 0 aliphatic rings. The summed E-state index contributed by atoms with van der Waals surface area (Å²) in [5.41, 5.74) is 9.73. The maximum absolute atomic E-state index is 8.20. The van der Waals surface area contributed by atoms with Crippen LogP contribution in [0.15, 0.2) is 23.3 Å². The van der Waals surface area contributed by atoms with Crippen LogP contribution in [0.2, 0.25) is 5.02 Å². The van der Waals surface area contributed by atoms with Gasteiger partial charge in [0.2, 0.25) is 0 Å². The van der Waals surface area contributed by atoms with Crippen LogP contribution < -0.4 is 5.32 Å². The van der Waals surface area contributed by atoms with Crippen molar-refractivity contribution >= 4 is 17.3 Å². The van der Waals surface area contributed by atoms with Gasteiger partial charge in [-0.25, -0.2) is 0 Å². The van der Waals surface area contributed by atoms with E-state index < -0.39 is 0 Å². The Hall–Kier alpha value is -1.22. The molecule has 0 saturated heterocycles. The molecule has 13 heavy (non-hydrogen) atoms. The molecular weight excluding hydrogens is 188 g/mol. The van der Waals surface area contributed by atoms with E-state index in [1.54, 1.807) is 12.1 Å². The molecule has 1 aromatic rings. The van der Waals surface area contributed by atoms with Crippen LogP contribution in [0.4, 0.5) is 5.69 Å². The number of benzene rings is 1. The molecule has 0 bridgehead atoms. The van der Waals surface area contributed by atoms with Crippen LogP contribution in [0.25, 0.3) is 10.4 Å². The van der Waals surface area contributed by atoms with Crippen molar-refractivity contribution in [1.29, 1.82) is 0 Å². The summed E-state index contributed by atoms with van der Waals surface area (Å²) in [6.07, 6.45) is 0. The molecule has 0 amide bonds. The lowest BCUT2D eigenvalue weighted by molar-refractivity contribution is 0.818. The monoisotopic (exact) mass is 196 g/mol. The molecule has 0 fully saturated rings. The minimum atomic E-state index is 0.462. The van der Waals surface area contributed by atoms with E-state index in [4.69, 9.17) is 17.1 Å². The Morgan fingerprint density at radius 3 is 2.92 bits per heavy atom. The van der Waals surface area contributed by atoms with Crippen LogP contribution in [0, 0.1) is 0 Å². The Kier molecular flexibility index (Phi) is 3.58. The first-order valence-electron chi connectivity index (χ1n) is 3.76. The van der Waals surface area contributed by atoms with Crippen LogP contribution in [0.1, 0.15) is 5.56 Å². The Labute approximate surface area is 81.1 Å². The van der Waals surface area contributed by atoms with Gasteiger partial charge in [0.05, 0.1) is 10.7 Å². The van der Waals surface area contributed by atoms with Gasteiger partial charge >= 0.3 is 0 Å². The standard InChI is InChI=1S/C8H9ClN4/c1-11-5-6-2-3-8(12-13-10)7(9)4-6/h2-4,11H,5H2,1H3. The average Bonchev–Trinajstić information content (AvgIpc) is 2.10. The predicted octanol–water partition coefficient (Wildman–Crippen LogP) is 3.00. The van der Waals surface area contributed by atoms with E-state index in [9.17, 15) is 0 Å². The summed E-state index contributed by atoms with van der Waals surface area (Å²) in [6.45, 7) is 0.746. The van der Waals surface area contributed by atoms with Gasteiger partial charge in [-0.05, 0) is 24.2 Å². The first-order valence-corrected chi connectivity index (χ1v) is 4.14. The van der Waals surface area contributed by atoms with E-state index in [2.05, 4.69) is 15.3 Å².